The quantitative estimate of drug-likeness (QED) is 0.869. The zero-order valence-corrected chi connectivity index (χ0v) is 16.8. The predicted octanol–water partition coefficient (Wildman–Crippen LogP) is 4.55. The molecule has 1 aliphatic carbocycles. The Morgan fingerprint density at radius 3 is 2.58 bits per heavy atom. The number of nitrogens with one attached hydrogen (secondary N) is 1. The number of carbonyl (C=O) groups excluding carboxylic acids is 1. The fraction of sp³-hybridized carbons (Fsp3) is 0.619. The molecule has 1 aliphatic rings. The van der Waals surface area contributed by atoms with Gasteiger partial charge in [-0.25, -0.2) is 4.98 Å². The summed E-state index contributed by atoms with van der Waals surface area (Å²) in [5.74, 6) is 0.523. The van der Waals surface area contributed by atoms with E-state index in [1.807, 2.05) is 36.6 Å². The lowest BCUT2D eigenvalue weighted by molar-refractivity contribution is 0.0563. The van der Waals surface area contributed by atoms with Gasteiger partial charge in [-0.05, 0) is 57.6 Å². The smallest absolute Gasteiger partial charge is 0.255 e. The first-order chi connectivity index (χ1) is 12.5. The summed E-state index contributed by atoms with van der Waals surface area (Å²) in [7, 11) is 1.78. The summed E-state index contributed by atoms with van der Waals surface area (Å²) in [6.07, 6.45) is 7.97. The van der Waals surface area contributed by atoms with Crippen molar-refractivity contribution in [2.45, 2.75) is 65.9 Å². The van der Waals surface area contributed by atoms with Gasteiger partial charge in [0.15, 0.2) is 0 Å². The summed E-state index contributed by atoms with van der Waals surface area (Å²) in [5.41, 5.74) is 3.41. The third-order valence-electron chi connectivity index (χ3n) is 4.86. The average Bonchev–Trinajstić information content (AvgIpc) is 3.05. The van der Waals surface area contributed by atoms with Crippen LogP contribution in [0.4, 0.5) is 0 Å². The number of rotatable bonds is 4. The SMILES string of the molecule is CCC.COC1CCC(CNC(=O)c2ccn3c(C)cc(C)nc23)CC1.[HH]. The zero-order chi connectivity index (χ0) is 19.1. The summed E-state index contributed by atoms with van der Waals surface area (Å²) >= 11 is 0. The lowest BCUT2D eigenvalue weighted by Crippen LogP contribution is -2.32. The number of ether oxygens (including phenoxy) is 1. The van der Waals surface area contributed by atoms with E-state index >= 15 is 0 Å². The van der Waals surface area contributed by atoms with Gasteiger partial charge >= 0.3 is 0 Å². The summed E-state index contributed by atoms with van der Waals surface area (Å²) < 4.78 is 7.36. The second-order valence-electron chi connectivity index (χ2n) is 7.26. The number of hydrogen-bond donors (Lipinski definition) is 1. The van der Waals surface area contributed by atoms with E-state index in [2.05, 4.69) is 24.1 Å². The van der Waals surface area contributed by atoms with Crippen molar-refractivity contribution in [3.05, 3.63) is 35.3 Å². The van der Waals surface area contributed by atoms with E-state index in [1.54, 1.807) is 7.11 Å². The van der Waals surface area contributed by atoms with Gasteiger partial charge in [0.25, 0.3) is 5.91 Å². The summed E-state index contributed by atoms with van der Waals surface area (Å²) in [6.45, 7) is 8.96. The molecule has 5 heteroatoms. The van der Waals surface area contributed by atoms with Crippen molar-refractivity contribution < 1.29 is 11.0 Å². The van der Waals surface area contributed by atoms with Gasteiger partial charge in [0, 0.05) is 32.7 Å². The number of aromatic nitrogens is 2. The molecule has 1 N–H and O–H groups in total. The van der Waals surface area contributed by atoms with E-state index in [0.29, 0.717) is 17.6 Å². The first kappa shape index (κ1) is 20.4. The van der Waals surface area contributed by atoms with E-state index in [0.717, 1.165) is 49.3 Å². The normalized spacial score (nSPS) is 19.7. The number of methoxy groups -OCH3 is 1. The Morgan fingerprint density at radius 1 is 1.31 bits per heavy atom. The van der Waals surface area contributed by atoms with Crippen LogP contribution in [0.15, 0.2) is 18.3 Å². The van der Waals surface area contributed by atoms with Gasteiger partial charge in [-0.15, -0.1) is 0 Å². The van der Waals surface area contributed by atoms with Crippen molar-refractivity contribution in [3.63, 3.8) is 0 Å². The second kappa shape index (κ2) is 9.72. The van der Waals surface area contributed by atoms with Crippen LogP contribution in [0.2, 0.25) is 0 Å². The highest BCUT2D eigenvalue weighted by Gasteiger charge is 2.22. The Hall–Kier alpha value is -1.88. The Balaban J connectivity index is 0.000000855. The Kier molecular flexibility index (Phi) is 7.64. The second-order valence-corrected chi connectivity index (χ2v) is 7.26. The first-order valence-electron chi connectivity index (χ1n) is 9.76. The van der Waals surface area contributed by atoms with Gasteiger partial charge in [-0.2, -0.15) is 0 Å². The summed E-state index contributed by atoms with van der Waals surface area (Å²) in [5, 5.41) is 3.09. The molecule has 26 heavy (non-hydrogen) atoms. The average molecular weight is 362 g/mol. The van der Waals surface area contributed by atoms with Crippen LogP contribution >= 0.6 is 0 Å². The molecule has 3 rings (SSSR count). The number of aryl methyl sites for hydroxylation is 2. The van der Waals surface area contributed by atoms with Crippen LogP contribution in [0, 0.1) is 19.8 Å². The monoisotopic (exact) mass is 361 g/mol. The molecule has 1 saturated carbocycles. The standard InChI is InChI=1S/C18H25N3O2.C3H8.H2/c1-12-10-13(2)21-9-8-16(17(21)20-12)18(22)19-11-14-4-6-15(23-3)7-5-14;1-3-2;/h8-10,14-15H,4-7,11H2,1-3H3,(H,19,22);3H2,1-2H3;1H. The van der Waals surface area contributed by atoms with Crippen LogP contribution < -0.4 is 5.32 Å². The van der Waals surface area contributed by atoms with Crippen LogP contribution in [0.1, 0.15) is 69.1 Å². The zero-order valence-electron chi connectivity index (χ0n) is 16.8. The molecule has 2 aromatic rings. The van der Waals surface area contributed by atoms with Crippen LogP contribution in [-0.4, -0.2) is 35.1 Å². The van der Waals surface area contributed by atoms with E-state index in [-0.39, 0.29) is 7.33 Å². The fourth-order valence-electron chi connectivity index (χ4n) is 3.48. The van der Waals surface area contributed by atoms with Crippen molar-refractivity contribution in [3.8, 4) is 0 Å². The van der Waals surface area contributed by atoms with Crippen molar-refractivity contribution >= 4 is 11.6 Å². The lowest BCUT2D eigenvalue weighted by atomic mass is 9.87. The molecule has 0 bridgehead atoms. The largest absolute Gasteiger partial charge is 0.381 e. The summed E-state index contributed by atoms with van der Waals surface area (Å²) in [6, 6.07) is 3.87. The van der Waals surface area contributed by atoms with Crippen LogP contribution in [0.25, 0.3) is 5.65 Å². The molecular weight excluding hydrogens is 326 g/mol. The van der Waals surface area contributed by atoms with Gasteiger partial charge < -0.3 is 14.5 Å². The molecule has 0 atom stereocenters. The third kappa shape index (κ3) is 5.07. The maximum Gasteiger partial charge on any atom is 0.255 e. The molecule has 2 aromatic heterocycles. The number of carbonyl (C=O) groups is 1. The van der Waals surface area contributed by atoms with Gasteiger partial charge in [0.1, 0.15) is 5.65 Å². The topological polar surface area (TPSA) is 55.6 Å². The molecule has 5 nitrogen and oxygen atoms in total. The minimum atomic E-state index is -0.0288. The van der Waals surface area contributed by atoms with Crippen molar-refractivity contribution in [2.24, 2.45) is 5.92 Å². The Labute approximate surface area is 158 Å². The van der Waals surface area contributed by atoms with E-state index in [1.165, 1.54) is 6.42 Å². The number of fused-ring (bicyclic) bond motifs is 1. The molecule has 0 aromatic carbocycles. The van der Waals surface area contributed by atoms with Gasteiger partial charge in [0.2, 0.25) is 0 Å². The molecule has 0 spiro atoms. The van der Waals surface area contributed by atoms with Gasteiger partial charge in [-0.3, -0.25) is 4.79 Å². The van der Waals surface area contributed by atoms with E-state index in [9.17, 15) is 4.79 Å². The first-order valence-corrected chi connectivity index (χ1v) is 9.76. The molecule has 0 radical (unpaired) electrons. The maximum atomic E-state index is 12.5. The van der Waals surface area contributed by atoms with Gasteiger partial charge in [0.05, 0.1) is 11.7 Å². The molecular formula is C21H35N3O2. The third-order valence-corrected chi connectivity index (χ3v) is 4.86. The molecule has 146 valence electrons. The molecule has 2 heterocycles. The minimum absolute atomic E-state index is 0. The van der Waals surface area contributed by atoms with Crippen molar-refractivity contribution in [1.29, 1.82) is 0 Å². The van der Waals surface area contributed by atoms with Crippen molar-refractivity contribution in [2.75, 3.05) is 13.7 Å². The molecule has 0 saturated heterocycles. The molecule has 1 amide bonds. The predicted molar refractivity (Wildman–Crippen MR) is 108 cm³/mol. The molecule has 0 unspecified atom stereocenters. The lowest BCUT2D eigenvalue weighted by Gasteiger charge is -2.27. The molecule has 0 aliphatic heterocycles. The summed E-state index contributed by atoms with van der Waals surface area (Å²) in [4.78, 5) is 17.0. The maximum absolute atomic E-state index is 12.5. The molecule has 1 fully saturated rings. The Morgan fingerprint density at radius 2 is 1.96 bits per heavy atom. The van der Waals surface area contributed by atoms with E-state index < -0.39 is 0 Å². The van der Waals surface area contributed by atoms with Gasteiger partial charge in [-0.1, -0.05) is 20.3 Å². The number of nitrogens with zero attached hydrogens (tertiary/aromatic N) is 2. The number of amides is 1. The highest BCUT2D eigenvalue weighted by Crippen LogP contribution is 2.25. The van der Waals surface area contributed by atoms with Crippen LogP contribution in [0.5, 0.6) is 0 Å². The van der Waals surface area contributed by atoms with Crippen molar-refractivity contribution in [1.82, 2.24) is 14.7 Å². The highest BCUT2D eigenvalue weighted by atomic mass is 16.5. The minimum Gasteiger partial charge on any atom is -0.381 e. The van der Waals surface area contributed by atoms with E-state index in [4.69, 9.17) is 4.74 Å². The van der Waals surface area contributed by atoms with Crippen LogP contribution in [0.3, 0.4) is 0 Å². The fourth-order valence-corrected chi connectivity index (χ4v) is 3.48. The van der Waals surface area contributed by atoms with Crippen LogP contribution in [-0.2, 0) is 4.74 Å². The number of hydrogen-bond acceptors (Lipinski definition) is 3. The Bertz CT molecular complexity index is 722. The highest BCUT2D eigenvalue weighted by molar-refractivity contribution is 6.00.